The summed E-state index contributed by atoms with van der Waals surface area (Å²) in [6.45, 7) is 18.5. The van der Waals surface area contributed by atoms with Gasteiger partial charge in [-0.15, -0.1) is 15.3 Å². The van der Waals surface area contributed by atoms with Crippen molar-refractivity contribution in [2.24, 2.45) is 11.8 Å². The molecule has 2 aliphatic rings. The van der Waals surface area contributed by atoms with Crippen LogP contribution in [0, 0.1) is 11.8 Å². The first-order valence-corrected chi connectivity index (χ1v) is 11.4. The second-order valence-corrected chi connectivity index (χ2v) is 9.60. The molecule has 0 unspecified atom stereocenters. The maximum Gasteiger partial charge on any atom is 0.178 e. The van der Waals surface area contributed by atoms with E-state index in [2.05, 4.69) is 58.7 Å². The normalized spacial score (nSPS) is 20.4. The van der Waals surface area contributed by atoms with Gasteiger partial charge in [0.1, 0.15) is 5.82 Å². The van der Waals surface area contributed by atoms with Crippen LogP contribution in [0.15, 0.2) is 12.1 Å². The molecule has 0 radical (unpaired) electrons. The number of anilines is 1. The molecular weight excluding hydrogens is 362 g/mol. The predicted molar refractivity (Wildman–Crippen MR) is 118 cm³/mol. The van der Waals surface area contributed by atoms with Gasteiger partial charge in [0, 0.05) is 58.3 Å². The summed E-state index contributed by atoms with van der Waals surface area (Å²) in [4.78, 5) is 7.75. The zero-order valence-electron chi connectivity index (χ0n) is 18.6. The summed E-state index contributed by atoms with van der Waals surface area (Å²) in [6.07, 6.45) is 2.51. The Morgan fingerprint density at radius 3 is 2.24 bits per heavy atom. The maximum absolute atomic E-state index is 4.85. The summed E-state index contributed by atoms with van der Waals surface area (Å²) >= 11 is 0. The minimum Gasteiger partial charge on any atom is -0.355 e. The Kier molecular flexibility index (Phi) is 6.35. The molecule has 0 saturated carbocycles. The lowest BCUT2D eigenvalue weighted by Crippen LogP contribution is -2.49. The fourth-order valence-electron chi connectivity index (χ4n) is 4.71. The smallest absolute Gasteiger partial charge is 0.178 e. The van der Waals surface area contributed by atoms with Crippen LogP contribution in [0.1, 0.15) is 52.3 Å². The van der Waals surface area contributed by atoms with Crippen molar-refractivity contribution in [1.82, 2.24) is 29.6 Å². The van der Waals surface area contributed by atoms with E-state index in [-0.39, 0.29) is 0 Å². The molecule has 0 amide bonds. The first-order chi connectivity index (χ1) is 14.0. The van der Waals surface area contributed by atoms with Crippen molar-refractivity contribution < 1.29 is 0 Å². The molecular formula is C22H37N7. The van der Waals surface area contributed by atoms with Gasteiger partial charge in [0.05, 0.1) is 0 Å². The molecule has 160 valence electrons. The molecule has 7 heteroatoms. The summed E-state index contributed by atoms with van der Waals surface area (Å²) in [5.41, 5.74) is 0.837. The molecule has 0 atom stereocenters. The van der Waals surface area contributed by atoms with Crippen LogP contribution in [0.3, 0.4) is 0 Å². The average molecular weight is 400 g/mol. The van der Waals surface area contributed by atoms with Gasteiger partial charge in [-0.1, -0.05) is 27.7 Å². The Morgan fingerprint density at radius 2 is 1.59 bits per heavy atom. The number of hydrogen-bond donors (Lipinski definition) is 0. The predicted octanol–water partition coefficient (Wildman–Crippen LogP) is 2.74. The minimum absolute atomic E-state index is 0.319. The van der Waals surface area contributed by atoms with Gasteiger partial charge in [-0.3, -0.25) is 0 Å². The van der Waals surface area contributed by atoms with Gasteiger partial charge in [-0.05, 0) is 36.8 Å². The van der Waals surface area contributed by atoms with E-state index >= 15 is 0 Å². The lowest BCUT2D eigenvalue weighted by atomic mass is 9.96. The second-order valence-electron chi connectivity index (χ2n) is 9.60. The van der Waals surface area contributed by atoms with E-state index in [1.54, 1.807) is 0 Å². The van der Waals surface area contributed by atoms with Crippen molar-refractivity contribution in [1.29, 1.82) is 0 Å². The fraction of sp³-hybridized carbons (Fsp3) is 0.773. The molecule has 2 aliphatic heterocycles. The number of rotatable bonds is 6. The SMILES string of the molecule is CC(C)CN1CCN(CC2CCN(c3ccc4nnc(C(C)C)n4n3)CC2)CC1. The summed E-state index contributed by atoms with van der Waals surface area (Å²) in [7, 11) is 0. The second kappa shape index (κ2) is 8.96. The Hall–Kier alpha value is -1.73. The van der Waals surface area contributed by atoms with Gasteiger partial charge in [-0.2, -0.15) is 4.52 Å². The number of fused-ring (bicyclic) bond motifs is 1. The lowest BCUT2D eigenvalue weighted by molar-refractivity contribution is 0.105. The Labute approximate surface area is 175 Å². The zero-order valence-corrected chi connectivity index (χ0v) is 18.6. The van der Waals surface area contributed by atoms with E-state index in [1.165, 1.54) is 52.1 Å². The van der Waals surface area contributed by atoms with Crippen molar-refractivity contribution in [3.8, 4) is 0 Å². The zero-order chi connectivity index (χ0) is 20.4. The monoisotopic (exact) mass is 399 g/mol. The van der Waals surface area contributed by atoms with Crippen LogP contribution < -0.4 is 4.90 Å². The van der Waals surface area contributed by atoms with Crippen LogP contribution in [0.5, 0.6) is 0 Å². The highest BCUT2D eigenvalue weighted by molar-refractivity contribution is 5.46. The Morgan fingerprint density at radius 1 is 0.897 bits per heavy atom. The van der Waals surface area contributed by atoms with E-state index in [1.807, 2.05) is 10.6 Å². The van der Waals surface area contributed by atoms with E-state index in [9.17, 15) is 0 Å². The highest BCUT2D eigenvalue weighted by Crippen LogP contribution is 2.24. The molecule has 0 bridgehead atoms. The van der Waals surface area contributed by atoms with Crippen molar-refractivity contribution in [2.75, 3.05) is 57.3 Å². The first kappa shape index (κ1) is 20.5. The molecule has 2 aromatic heterocycles. The van der Waals surface area contributed by atoms with Crippen LogP contribution in [0.2, 0.25) is 0 Å². The Bertz CT molecular complexity index is 784. The molecule has 2 saturated heterocycles. The number of piperazine rings is 1. The summed E-state index contributed by atoms with van der Waals surface area (Å²) in [5, 5.41) is 13.4. The van der Waals surface area contributed by atoms with Gasteiger partial charge >= 0.3 is 0 Å². The first-order valence-electron chi connectivity index (χ1n) is 11.4. The van der Waals surface area contributed by atoms with Crippen LogP contribution in [-0.4, -0.2) is 82.0 Å². The highest BCUT2D eigenvalue weighted by Gasteiger charge is 2.25. The van der Waals surface area contributed by atoms with Gasteiger partial charge in [0.2, 0.25) is 0 Å². The van der Waals surface area contributed by atoms with Crippen LogP contribution in [0.4, 0.5) is 5.82 Å². The van der Waals surface area contributed by atoms with E-state index in [4.69, 9.17) is 5.10 Å². The summed E-state index contributed by atoms with van der Waals surface area (Å²) in [5.74, 6) is 3.90. The maximum atomic E-state index is 4.85. The summed E-state index contributed by atoms with van der Waals surface area (Å²) in [6, 6.07) is 4.15. The van der Waals surface area contributed by atoms with Gasteiger partial charge in [0.15, 0.2) is 11.5 Å². The molecule has 0 spiro atoms. The topological polar surface area (TPSA) is 52.8 Å². The van der Waals surface area contributed by atoms with Crippen molar-refractivity contribution in [3.63, 3.8) is 0 Å². The average Bonchev–Trinajstić information content (AvgIpc) is 3.13. The van der Waals surface area contributed by atoms with Gasteiger partial charge in [0.25, 0.3) is 0 Å². The van der Waals surface area contributed by atoms with Crippen LogP contribution >= 0.6 is 0 Å². The van der Waals surface area contributed by atoms with E-state index < -0.39 is 0 Å². The molecule has 0 aliphatic carbocycles. The van der Waals surface area contributed by atoms with Crippen LogP contribution in [0.25, 0.3) is 5.65 Å². The van der Waals surface area contributed by atoms with Crippen LogP contribution in [-0.2, 0) is 0 Å². The third-order valence-corrected chi connectivity index (χ3v) is 6.33. The largest absolute Gasteiger partial charge is 0.355 e. The van der Waals surface area contributed by atoms with E-state index in [0.29, 0.717) is 5.92 Å². The quantitative estimate of drug-likeness (QED) is 0.744. The van der Waals surface area contributed by atoms with Crippen molar-refractivity contribution in [3.05, 3.63) is 18.0 Å². The van der Waals surface area contributed by atoms with E-state index in [0.717, 1.165) is 42.2 Å². The third-order valence-electron chi connectivity index (χ3n) is 6.33. The molecule has 4 heterocycles. The van der Waals surface area contributed by atoms with Gasteiger partial charge < -0.3 is 14.7 Å². The lowest BCUT2D eigenvalue weighted by Gasteiger charge is -2.39. The molecule has 4 rings (SSSR count). The molecule has 29 heavy (non-hydrogen) atoms. The van der Waals surface area contributed by atoms with Crippen molar-refractivity contribution >= 4 is 11.5 Å². The number of hydrogen-bond acceptors (Lipinski definition) is 6. The van der Waals surface area contributed by atoms with Crippen molar-refractivity contribution in [2.45, 2.75) is 46.5 Å². The van der Waals surface area contributed by atoms with Gasteiger partial charge in [-0.25, -0.2) is 0 Å². The number of nitrogens with zero attached hydrogens (tertiary/aromatic N) is 7. The third kappa shape index (κ3) is 4.89. The number of piperidine rings is 1. The highest BCUT2D eigenvalue weighted by atomic mass is 15.4. The molecule has 2 fully saturated rings. The summed E-state index contributed by atoms with van der Waals surface area (Å²) < 4.78 is 1.92. The molecule has 0 N–H and O–H groups in total. The molecule has 0 aromatic carbocycles. The standard InChI is InChI=1S/C22H37N7/c1-17(2)15-26-11-13-27(14-12-26)16-19-7-9-28(10-8-19)21-6-5-20-23-24-22(18(3)4)29(20)25-21/h5-6,17-19H,7-16H2,1-4H3. The molecule has 7 nitrogen and oxygen atoms in total. The Balaban J connectivity index is 1.29. The minimum atomic E-state index is 0.319. The number of aromatic nitrogens is 4. The fourth-order valence-corrected chi connectivity index (χ4v) is 4.71. The molecule has 2 aromatic rings.